The van der Waals surface area contributed by atoms with Crippen molar-refractivity contribution in [3.05, 3.63) is 28.7 Å². The van der Waals surface area contributed by atoms with Crippen LogP contribution in [0.5, 0.6) is 0 Å². The van der Waals surface area contributed by atoms with Gasteiger partial charge in [-0.25, -0.2) is 8.42 Å². The quantitative estimate of drug-likeness (QED) is 0.859. The van der Waals surface area contributed by atoms with Gasteiger partial charge in [0, 0.05) is 4.47 Å². The van der Waals surface area contributed by atoms with Gasteiger partial charge in [-0.2, -0.15) is 5.26 Å². The third-order valence-electron chi connectivity index (χ3n) is 2.36. The summed E-state index contributed by atoms with van der Waals surface area (Å²) in [6.45, 7) is 1.77. The molecule has 1 atom stereocenters. The molecule has 0 saturated heterocycles. The minimum atomic E-state index is -3.41. The predicted molar refractivity (Wildman–Crippen MR) is 65.6 cm³/mol. The molecule has 86 valence electrons. The Hall–Kier alpha value is -0.860. The fourth-order valence-corrected chi connectivity index (χ4v) is 4.09. The summed E-state index contributed by atoms with van der Waals surface area (Å²) in [6.07, 6.45) is 0.470. The van der Waals surface area contributed by atoms with Crippen LogP contribution < -0.4 is 0 Å². The zero-order valence-electron chi connectivity index (χ0n) is 8.85. The summed E-state index contributed by atoms with van der Waals surface area (Å²) in [7, 11) is -3.41. The van der Waals surface area contributed by atoms with E-state index in [-0.39, 0.29) is 11.3 Å². The molecule has 0 aliphatic carbocycles. The smallest absolute Gasteiger partial charge is 0.183 e. The highest BCUT2D eigenvalue weighted by Crippen LogP contribution is 2.27. The maximum absolute atomic E-state index is 12.2. The number of hydrogen-bond acceptors (Lipinski definition) is 3. The first-order chi connectivity index (χ1) is 7.54. The summed E-state index contributed by atoms with van der Waals surface area (Å²) in [6, 6.07) is 8.60. The van der Waals surface area contributed by atoms with Gasteiger partial charge in [0.1, 0.15) is 0 Å². The summed E-state index contributed by atoms with van der Waals surface area (Å²) in [5, 5.41) is 7.99. The molecule has 0 aliphatic heterocycles. The predicted octanol–water partition coefficient (Wildman–Crippen LogP) is 2.92. The van der Waals surface area contributed by atoms with Gasteiger partial charge in [0.15, 0.2) is 9.84 Å². The van der Waals surface area contributed by atoms with Crippen LogP contribution in [0.3, 0.4) is 0 Å². The monoisotopic (exact) mass is 301 g/mol. The van der Waals surface area contributed by atoms with Gasteiger partial charge in [-0.3, -0.25) is 0 Å². The fourth-order valence-electron chi connectivity index (χ4n) is 1.43. The van der Waals surface area contributed by atoms with Crippen molar-refractivity contribution < 1.29 is 8.42 Å². The maximum atomic E-state index is 12.2. The first-order valence-corrected chi connectivity index (χ1v) is 7.23. The maximum Gasteiger partial charge on any atom is 0.183 e. The van der Waals surface area contributed by atoms with Crippen LogP contribution in [0.2, 0.25) is 0 Å². The van der Waals surface area contributed by atoms with Gasteiger partial charge >= 0.3 is 0 Å². The molecule has 0 radical (unpaired) electrons. The van der Waals surface area contributed by atoms with Crippen LogP contribution in [0.1, 0.15) is 19.8 Å². The summed E-state index contributed by atoms with van der Waals surface area (Å²) in [4.78, 5) is 0.261. The van der Waals surface area contributed by atoms with Crippen LogP contribution in [0, 0.1) is 11.3 Å². The van der Waals surface area contributed by atoms with E-state index in [0.29, 0.717) is 10.9 Å². The standard InChI is InChI=1S/C11H12BrNO2S/c1-2-9(7-8-13)16(14,15)11-6-4-3-5-10(11)12/h3-6,9H,2,7H2,1H3. The summed E-state index contributed by atoms with van der Waals surface area (Å²) >= 11 is 3.22. The van der Waals surface area contributed by atoms with Crippen LogP contribution in [0.25, 0.3) is 0 Å². The van der Waals surface area contributed by atoms with Crippen molar-refractivity contribution in [3.8, 4) is 6.07 Å². The molecular weight excluding hydrogens is 290 g/mol. The third-order valence-corrected chi connectivity index (χ3v) is 5.66. The molecule has 0 amide bonds. The lowest BCUT2D eigenvalue weighted by Crippen LogP contribution is -2.20. The number of nitriles is 1. The lowest BCUT2D eigenvalue weighted by molar-refractivity contribution is 0.575. The summed E-state index contributed by atoms with van der Waals surface area (Å²) in [5.74, 6) is 0. The molecule has 3 nitrogen and oxygen atoms in total. The van der Waals surface area contributed by atoms with E-state index in [0.717, 1.165) is 0 Å². The van der Waals surface area contributed by atoms with E-state index in [4.69, 9.17) is 5.26 Å². The second kappa shape index (κ2) is 5.46. The SMILES string of the molecule is CCC(CC#N)S(=O)(=O)c1ccccc1Br. The lowest BCUT2D eigenvalue weighted by atomic mass is 10.3. The van der Waals surface area contributed by atoms with E-state index >= 15 is 0 Å². The van der Waals surface area contributed by atoms with E-state index in [1.807, 2.05) is 6.07 Å². The highest BCUT2D eigenvalue weighted by Gasteiger charge is 2.27. The van der Waals surface area contributed by atoms with Crippen molar-refractivity contribution in [1.82, 2.24) is 0 Å². The molecule has 1 unspecified atom stereocenters. The van der Waals surface area contributed by atoms with E-state index in [1.165, 1.54) is 0 Å². The molecule has 0 heterocycles. The second-order valence-corrected chi connectivity index (χ2v) is 6.42. The third kappa shape index (κ3) is 2.63. The van der Waals surface area contributed by atoms with Gasteiger partial charge in [0.25, 0.3) is 0 Å². The zero-order valence-corrected chi connectivity index (χ0v) is 11.3. The van der Waals surface area contributed by atoms with Gasteiger partial charge < -0.3 is 0 Å². The lowest BCUT2D eigenvalue weighted by Gasteiger charge is -2.13. The molecule has 0 saturated carbocycles. The van der Waals surface area contributed by atoms with Gasteiger partial charge in [0.2, 0.25) is 0 Å². The van der Waals surface area contributed by atoms with Gasteiger partial charge in [-0.1, -0.05) is 19.1 Å². The van der Waals surface area contributed by atoms with Crippen LogP contribution in [0.15, 0.2) is 33.6 Å². The molecule has 0 bridgehead atoms. The van der Waals surface area contributed by atoms with Crippen molar-refractivity contribution in [2.75, 3.05) is 0 Å². The van der Waals surface area contributed by atoms with Crippen LogP contribution in [-0.4, -0.2) is 13.7 Å². The number of halogens is 1. The van der Waals surface area contributed by atoms with Crippen LogP contribution >= 0.6 is 15.9 Å². The Bertz CT molecular complexity index is 505. The molecule has 5 heteroatoms. The van der Waals surface area contributed by atoms with E-state index < -0.39 is 15.1 Å². The molecule has 1 aromatic rings. The number of hydrogen-bond donors (Lipinski definition) is 0. The van der Waals surface area contributed by atoms with Crippen molar-refractivity contribution in [3.63, 3.8) is 0 Å². The number of sulfone groups is 1. The zero-order chi connectivity index (χ0) is 12.2. The Morgan fingerprint density at radius 3 is 2.56 bits per heavy atom. The fraction of sp³-hybridized carbons (Fsp3) is 0.364. The first-order valence-electron chi connectivity index (χ1n) is 4.89. The Balaban J connectivity index is 3.22. The Kier molecular flexibility index (Phi) is 4.51. The molecule has 0 N–H and O–H groups in total. The van der Waals surface area contributed by atoms with Gasteiger partial charge in [-0.15, -0.1) is 0 Å². The van der Waals surface area contributed by atoms with Crippen LogP contribution in [-0.2, 0) is 9.84 Å². The normalized spacial score (nSPS) is 13.1. The Labute approximate surface area is 104 Å². The average Bonchev–Trinajstić information content (AvgIpc) is 2.26. The van der Waals surface area contributed by atoms with Crippen molar-refractivity contribution in [2.24, 2.45) is 0 Å². The van der Waals surface area contributed by atoms with Crippen molar-refractivity contribution in [2.45, 2.75) is 29.9 Å². The summed E-state index contributed by atoms with van der Waals surface area (Å²) < 4.78 is 24.9. The van der Waals surface area contributed by atoms with E-state index in [9.17, 15) is 8.42 Å². The summed E-state index contributed by atoms with van der Waals surface area (Å²) in [5.41, 5.74) is 0. The molecule has 1 rings (SSSR count). The molecule has 0 aromatic heterocycles. The molecule has 0 aliphatic rings. The van der Waals surface area contributed by atoms with E-state index in [2.05, 4.69) is 15.9 Å². The Morgan fingerprint density at radius 1 is 1.44 bits per heavy atom. The highest BCUT2D eigenvalue weighted by molar-refractivity contribution is 9.10. The number of benzene rings is 1. The van der Waals surface area contributed by atoms with Gasteiger partial charge in [-0.05, 0) is 34.5 Å². The number of nitrogens with zero attached hydrogens (tertiary/aromatic N) is 1. The molecule has 0 fully saturated rings. The second-order valence-electron chi connectivity index (χ2n) is 3.37. The number of rotatable bonds is 4. The van der Waals surface area contributed by atoms with Crippen molar-refractivity contribution in [1.29, 1.82) is 5.26 Å². The topological polar surface area (TPSA) is 57.9 Å². The van der Waals surface area contributed by atoms with Crippen LogP contribution in [0.4, 0.5) is 0 Å². The van der Waals surface area contributed by atoms with Crippen molar-refractivity contribution >= 4 is 25.8 Å². The van der Waals surface area contributed by atoms with E-state index in [1.54, 1.807) is 31.2 Å². The molecule has 16 heavy (non-hydrogen) atoms. The minimum Gasteiger partial charge on any atom is -0.223 e. The molecule has 1 aromatic carbocycles. The molecular formula is C11H12BrNO2S. The highest BCUT2D eigenvalue weighted by atomic mass is 79.9. The Morgan fingerprint density at radius 2 is 2.06 bits per heavy atom. The largest absolute Gasteiger partial charge is 0.223 e. The minimum absolute atomic E-state index is 0.0279. The van der Waals surface area contributed by atoms with Gasteiger partial charge in [0.05, 0.1) is 22.6 Å². The molecule has 0 spiro atoms. The average molecular weight is 302 g/mol. The first kappa shape index (κ1) is 13.2.